The molecule has 9 heteroatoms. The van der Waals surface area contributed by atoms with Gasteiger partial charge in [-0.1, -0.05) is 12.1 Å². The minimum absolute atomic E-state index is 0.122. The SMILES string of the molecule is Cc1ccc(C)c(NC(=O)CN(C)c2ccc([N+](=O)[O-])cc2[N+](=O)[O-])c1. The molecule has 0 aromatic heterocycles. The lowest BCUT2D eigenvalue weighted by molar-refractivity contribution is -0.393. The van der Waals surface area contributed by atoms with E-state index in [0.717, 1.165) is 17.2 Å². The smallest absolute Gasteiger partial charge is 0.299 e. The number of amides is 1. The number of benzene rings is 2. The minimum Gasteiger partial charge on any atom is -0.360 e. The number of aryl methyl sites for hydroxylation is 2. The Bertz CT molecular complexity index is 881. The molecule has 136 valence electrons. The number of likely N-dealkylation sites (N-methyl/N-ethyl adjacent to an activating group) is 1. The fourth-order valence-electron chi connectivity index (χ4n) is 2.46. The van der Waals surface area contributed by atoms with E-state index in [0.29, 0.717) is 5.69 Å². The molecule has 0 saturated heterocycles. The van der Waals surface area contributed by atoms with Crippen molar-refractivity contribution in [2.45, 2.75) is 13.8 Å². The Labute approximate surface area is 149 Å². The van der Waals surface area contributed by atoms with Gasteiger partial charge in [-0.15, -0.1) is 0 Å². The van der Waals surface area contributed by atoms with Crippen LogP contribution in [-0.4, -0.2) is 29.3 Å². The fourth-order valence-corrected chi connectivity index (χ4v) is 2.46. The van der Waals surface area contributed by atoms with Gasteiger partial charge in [-0.2, -0.15) is 0 Å². The van der Waals surface area contributed by atoms with Gasteiger partial charge in [-0.25, -0.2) is 0 Å². The standard InChI is InChI=1S/C17H18N4O5/c1-11-4-5-12(2)14(8-11)18-17(22)10-19(3)15-7-6-13(20(23)24)9-16(15)21(25)26/h4-9H,10H2,1-3H3,(H,18,22). The molecule has 0 unspecified atom stereocenters. The van der Waals surface area contributed by atoms with Crippen molar-refractivity contribution >= 4 is 28.7 Å². The van der Waals surface area contributed by atoms with Gasteiger partial charge in [0.15, 0.2) is 0 Å². The average molecular weight is 358 g/mol. The van der Waals surface area contributed by atoms with E-state index in [-0.39, 0.29) is 23.8 Å². The molecule has 0 bridgehead atoms. The third-order valence-electron chi connectivity index (χ3n) is 3.83. The van der Waals surface area contributed by atoms with Crippen LogP contribution in [0.3, 0.4) is 0 Å². The number of nitrogens with zero attached hydrogens (tertiary/aromatic N) is 3. The van der Waals surface area contributed by atoms with E-state index in [4.69, 9.17) is 0 Å². The lowest BCUT2D eigenvalue weighted by atomic mass is 10.1. The quantitative estimate of drug-likeness (QED) is 0.625. The van der Waals surface area contributed by atoms with Gasteiger partial charge in [0.05, 0.1) is 22.5 Å². The second kappa shape index (κ2) is 7.60. The number of carbonyl (C=O) groups is 1. The molecule has 2 aromatic rings. The number of nitro benzene ring substituents is 2. The summed E-state index contributed by atoms with van der Waals surface area (Å²) in [5.41, 5.74) is 1.87. The van der Waals surface area contributed by atoms with Crippen LogP contribution in [0.5, 0.6) is 0 Å². The molecule has 1 N–H and O–H groups in total. The van der Waals surface area contributed by atoms with Crippen LogP contribution >= 0.6 is 0 Å². The van der Waals surface area contributed by atoms with Crippen LogP contribution in [0.25, 0.3) is 0 Å². The first-order valence-electron chi connectivity index (χ1n) is 7.70. The second-order valence-corrected chi connectivity index (χ2v) is 5.91. The Hall–Kier alpha value is -3.49. The van der Waals surface area contributed by atoms with Gasteiger partial charge in [0, 0.05) is 18.8 Å². The summed E-state index contributed by atoms with van der Waals surface area (Å²) < 4.78 is 0. The summed E-state index contributed by atoms with van der Waals surface area (Å²) in [5, 5.41) is 24.8. The predicted molar refractivity (Wildman–Crippen MR) is 97.6 cm³/mol. The summed E-state index contributed by atoms with van der Waals surface area (Å²) >= 11 is 0. The Kier molecular flexibility index (Phi) is 5.51. The van der Waals surface area contributed by atoms with Crippen LogP contribution in [0.4, 0.5) is 22.7 Å². The highest BCUT2D eigenvalue weighted by atomic mass is 16.6. The molecule has 0 atom stereocenters. The molecule has 0 heterocycles. The third-order valence-corrected chi connectivity index (χ3v) is 3.83. The molecule has 0 saturated carbocycles. The summed E-state index contributed by atoms with van der Waals surface area (Å²) in [5.74, 6) is -0.353. The van der Waals surface area contributed by atoms with E-state index in [9.17, 15) is 25.0 Å². The zero-order valence-corrected chi connectivity index (χ0v) is 14.6. The van der Waals surface area contributed by atoms with E-state index in [1.807, 2.05) is 32.0 Å². The molecule has 0 fully saturated rings. The first kappa shape index (κ1) is 18.8. The molecule has 9 nitrogen and oxygen atoms in total. The van der Waals surface area contributed by atoms with E-state index < -0.39 is 15.5 Å². The van der Waals surface area contributed by atoms with Crippen LogP contribution in [0.2, 0.25) is 0 Å². The lowest BCUT2D eigenvalue weighted by Gasteiger charge is -2.19. The van der Waals surface area contributed by atoms with Crippen LogP contribution < -0.4 is 10.2 Å². The Morgan fingerprint density at radius 3 is 2.38 bits per heavy atom. The average Bonchev–Trinajstić information content (AvgIpc) is 2.57. The molecule has 1 amide bonds. The number of carbonyl (C=O) groups excluding carboxylic acids is 1. The lowest BCUT2D eigenvalue weighted by Crippen LogP contribution is -2.30. The monoisotopic (exact) mass is 358 g/mol. The molecular formula is C17H18N4O5. The largest absolute Gasteiger partial charge is 0.360 e. The van der Waals surface area contributed by atoms with Crippen LogP contribution in [0.15, 0.2) is 36.4 Å². The van der Waals surface area contributed by atoms with Gasteiger partial charge in [0.25, 0.3) is 11.4 Å². The summed E-state index contributed by atoms with van der Waals surface area (Å²) in [4.78, 5) is 34.3. The highest BCUT2D eigenvalue weighted by Gasteiger charge is 2.23. The van der Waals surface area contributed by atoms with Crippen molar-refractivity contribution < 1.29 is 14.6 Å². The molecule has 0 spiro atoms. The number of hydrogen-bond acceptors (Lipinski definition) is 6. The molecule has 0 aliphatic carbocycles. The number of non-ortho nitro benzene ring substituents is 1. The van der Waals surface area contributed by atoms with Crippen molar-refractivity contribution in [2.24, 2.45) is 0 Å². The normalized spacial score (nSPS) is 10.3. The number of nitro groups is 2. The van der Waals surface area contributed by atoms with Crippen molar-refractivity contribution in [2.75, 3.05) is 23.8 Å². The van der Waals surface area contributed by atoms with Crippen LogP contribution in [0.1, 0.15) is 11.1 Å². The highest BCUT2D eigenvalue weighted by Crippen LogP contribution is 2.31. The topological polar surface area (TPSA) is 119 Å². The van der Waals surface area contributed by atoms with Gasteiger partial charge in [-0.3, -0.25) is 25.0 Å². The maximum atomic E-state index is 12.3. The van der Waals surface area contributed by atoms with Crippen molar-refractivity contribution in [3.05, 3.63) is 67.8 Å². The summed E-state index contributed by atoms with van der Waals surface area (Å²) in [6.45, 7) is 3.62. The van der Waals surface area contributed by atoms with E-state index in [1.165, 1.54) is 24.1 Å². The Morgan fingerprint density at radius 2 is 1.77 bits per heavy atom. The highest BCUT2D eigenvalue weighted by molar-refractivity contribution is 5.95. The van der Waals surface area contributed by atoms with Gasteiger partial charge >= 0.3 is 0 Å². The van der Waals surface area contributed by atoms with E-state index in [1.54, 1.807) is 0 Å². The van der Waals surface area contributed by atoms with Gasteiger partial charge in [0.2, 0.25) is 5.91 Å². The van der Waals surface area contributed by atoms with Crippen molar-refractivity contribution in [3.63, 3.8) is 0 Å². The van der Waals surface area contributed by atoms with Crippen molar-refractivity contribution in [1.29, 1.82) is 0 Å². The van der Waals surface area contributed by atoms with Gasteiger partial charge < -0.3 is 10.2 Å². The number of anilines is 2. The van der Waals surface area contributed by atoms with E-state index in [2.05, 4.69) is 5.32 Å². The molecule has 26 heavy (non-hydrogen) atoms. The first-order valence-corrected chi connectivity index (χ1v) is 7.70. The number of rotatable bonds is 6. The third kappa shape index (κ3) is 4.32. The summed E-state index contributed by atoms with van der Waals surface area (Å²) in [6.07, 6.45) is 0. The second-order valence-electron chi connectivity index (χ2n) is 5.91. The van der Waals surface area contributed by atoms with Crippen LogP contribution in [-0.2, 0) is 4.79 Å². The Morgan fingerprint density at radius 1 is 1.08 bits per heavy atom. The van der Waals surface area contributed by atoms with Gasteiger partial charge in [-0.05, 0) is 37.1 Å². The molecule has 0 aliphatic heterocycles. The maximum Gasteiger partial charge on any atom is 0.299 e. The van der Waals surface area contributed by atoms with Crippen LogP contribution in [0, 0.1) is 34.1 Å². The van der Waals surface area contributed by atoms with Crippen molar-refractivity contribution in [3.8, 4) is 0 Å². The number of nitrogens with one attached hydrogen (secondary N) is 1. The molecular weight excluding hydrogens is 340 g/mol. The molecule has 0 radical (unpaired) electrons. The summed E-state index contributed by atoms with van der Waals surface area (Å²) in [7, 11) is 1.51. The Balaban J connectivity index is 2.20. The van der Waals surface area contributed by atoms with Crippen molar-refractivity contribution in [1.82, 2.24) is 0 Å². The predicted octanol–water partition coefficient (Wildman–Crippen LogP) is 3.19. The molecule has 2 rings (SSSR count). The van der Waals surface area contributed by atoms with E-state index >= 15 is 0 Å². The zero-order chi connectivity index (χ0) is 19.4. The van der Waals surface area contributed by atoms with Gasteiger partial charge in [0.1, 0.15) is 5.69 Å². The zero-order valence-electron chi connectivity index (χ0n) is 14.6. The first-order chi connectivity index (χ1) is 12.2. The number of hydrogen-bond donors (Lipinski definition) is 1. The molecule has 2 aromatic carbocycles. The maximum absolute atomic E-state index is 12.3. The minimum atomic E-state index is -0.707. The fraction of sp³-hybridized carbons (Fsp3) is 0.235. The molecule has 0 aliphatic rings. The summed E-state index contributed by atoms with van der Waals surface area (Å²) in [6, 6.07) is 8.96.